The largest absolute Gasteiger partial charge is 0.491 e. The number of hydrogen-bond acceptors (Lipinski definition) is 10. The van der Waals surface area contributed by atoms with Crippen LogP contribution in [0.5, 0.6) is 23.3 Å². The number of nitrogens with one attached hydrogen (secondary N) is 2. The number of aromatic nitrogens is 4. The standard InChI is InChI=1S/C17H20F3N3O2.C16H18F3N3O2/c1-4-9-24-15-14(17(18,19)20)10-21-16(23-15)22-12-5-7-13(8-6-12)25-11(2)3;1-4-23-14-13(16(17,18)19)9-20-15(22-14)21-11-5-7-12(8-6-11)24-10(2)3/h5-8,10-11H,4,9H2,1-3H3,(H,21,22,23);5-10H,4H2,1-3H3,(H,20,21,22). The zero-order chi connectivity index (χ0) is 36.2. The van der Waals surface area contributed by atoms with E-state index in [1.54, 1.807) is 62.4 Å². The van der Waals surface area contributed by atoms with E-state index in [9.17, 15) is 26.3 Å². The molecule has 0 fully saturated rings. The summed E-state index contributed by atoms with van der Waals surface area (Å²) >= 11 is 0. The lowest BCUT2D eigenvalue weighted by atomic mass is 10.3. The third-order valence-electron chi connectivity index (χ3n) is 5.81. The Bertz CT molecular complexity index is 1600. The zero-order valence-corrected chi connectivity index (χ0v) is 27.7. The van der Waals surface area contributed by atoms with E-state index in [0.29, 0.717) is 35.5 Å². The van der Waals surface area contributed by atoms with Gasteiger partial charge in [-0.2, -0.15) is 36.3 Å². The predicted octanol–water partition coefficient (Wildman–Crippen LogP) is 9.24. The molecule has 0 saturated heterocycles. The molecule has 0 saturated carbocycles. The minimum atomic E-state index is -4.57. The van der Waals surface area contributed by atoms with Crippen LogP contribution >= 0.6 is 0 Å². The van der Waals surface area contributed by atoms with Gasteiger partial charge in [-0.05, 0) is 89.6 Å². The Morgan fingerprint density at radius 1 is 0.612 bits per heavy atom. The van der Waals surface area contributed by atoms with Gasteiger partial charge in [0.15, 0.2) is 0 Å². The van der Waals surface area contributed by atoms with E-state index < -0.39 is 35.2 Å². The first-order valence-electron chi connectivity index (χ1n) is 15.3. The highest BCUT2D eigenvalue weighted by atomic mass is 19.4. The average Bonchev–Trinajstić information content (AvgIpc) is 3.01. The molecule has 0 unspecified atom stereocenters. The zero-order valence-electron chi connectivity index (χ0n) is 27.7. The summed E-state index contributed by atoms with van der Waals surface area (Å²) in [6.45, 7) is 11.3. The highest BCUT2D eigenvalue weighted by Gasteiger charge is 2.37. The van der Waals surface area contributed by atoms with Gasteiger partial charge in [-0.1, -0.05) is 6.92 Å². The van der Waals surface area contributed by atoms with E-state index in [4.69, 9.17) is 18.9 Å². The van der Waals surface area contributed by atoms with Crippen molar-refractivity contribution in [2.24, 2.45) is 0 Å². The predicted molar refractivity (Wildman–Crippen MR) is 172 cm³/mol. The monoisotopic (exact) mass is 696 g/mol. The molecule has 266 valence electrons. The Morgan fingerprint density at radius 3 is 1.33 bits per heavy atom. The molecule has 0 aliphatic carbocycles. The van der Waals surface area contributed by atoms with Gasteiger partial charge in [-0.15, -0.1) is 0 Å². The van der Waals surface area contributed by atoms with Crippen molar-refractivity contribution in [2.45, 2.75) is 72.5 Å². The molecule has 0 bridgehead atoms. The quantitative estimate of drug-likeness (QED) is 0.131. The SMILES string of the molecule is CCCOc1nc(Nc2ccc(OC(C)C)cc2)ncc1C(F)(F)F.CCOc1nc(Nc2ccc(OC(C)C)cc2)ncc1C(F)(F)F. The maximum absolute atomic E-state index is 13.0. The average molecular weight is 697 g/mol. The van der Waals surface area contributed by atoms with Crippen LogP contribution in [0.25, 0.3) is 0 Å². The van der Waals surface area contributed by atoms with E-state index in [2.05, 4.69) is 30.6 Å². The van der Waals surface area contributed by atoms with Gasteiger partial charge in [0.2, 0.25) is 23.7 Å². The molecule has 10 nitrogen and oxygen atoms in total. The van der Waals surface area contributed by atoms with Gasteiger partial charge < -0.3 is 29.6 Å². The van der Waals surface area contributed by atoms with Crippen LogP contribution < -0.4 is 29.6 Å². The lowest BCUT2D eigenvalue weighted by molar-refractivity contribution is -0.140. The summed E-state index contributed by atoms with van der Waals surface area (Å²) in [5.41, 5.74) is -0.756. The van der Waals surface area contributed by atoms with E-state index in [1.165, 1.54) is 0 Å². The second kappa shape index (κ2) is 17.4. The minimum absolute atomic E-state index is 0.0176. The molecule has 16 heteroatoms. The highest BCUT2D eigenvalue weighted by Crippen LogP contribution is 2.36. The van der Waals surface area contributed by atoms with Crippen LogP contribution in [0.4, 0.5) is 49.6 Å². The van der Waals surface area contributed by atoms with Gasteiger partial charge in [0, 0.05) is 23.8 Å². The number of halogens is 6. The summed E-state index contributed by atoms with van der Waals surface area (Å²) in [4.78, 5) is 15.1. The van der Waals surface area contributed by atoms with Gasteiger partial charge in [0.1, 0.15) is 22.6 Å². The lowest BCUT2D eigenvalue weighted by Crippen LogP contribution is -2.12. The Kier molecular flexibility index (Phi) is 13.6. The number of hydrogen-bond donors (Lipinski definition) is 2. The van der Waals surface area contributed by atoms with Crippen molar-refractivity contribution in [3.63, 3.8) is 0 Å². The molecule has 0 radical (unpaired) electrons. The smallest absolute Gasteiger partial charge is 0.423 e. The molecule has 0 aliphatic heterocycles. The van der Waals surface area contributed by atoms with Crippen LogP contribution in [0, 0.1) is 0 Å². The normalized spacial score (nSPS) is 11.5. The summed E-state index contributed by atoms with van der Waals surface area (Å²) in [5, 5.41) is 5.69. The van der Waals surface area contributed by atoms with Gasteiger partial charge in [-0.3, -0.25) is 0 Å². The molecular weight excluding hydrogens is 658 g/mol. The van der Waals surface area contributed by atoms with Crippen molar-refractivity contribution in [1.29, 1.82) is 0 Å². The van der Waals surface area contributed by atoms with Crippen LogP contribution in [0.2, 0.25) is 0 Å². The molecule has 4 aromatic rings. The Hall–Kier alpha value is -5.02. The first-order valence-corrected chi connectivity index (χ1v) is 15.3. The van der Waals surface area contributed by atoms with E-state index in [0.717, 1.165) is 6.20 Å². The molecule has 0 aliphatic rings. The summed E-state index contributed by atoms with van der Waals surface area (Å²) in [6.07, 6.45) is -7.05. The second-order valence-electron chi connectivity index (χ2n) is 10.7. The van der Waals surface area contributed by atoms with Crippen molar-refractivity contribution in [2.75, 3.05) is 23.8 Å². The molecule has 2 heterocycles. The van der Waals surface area contributed by atoms with Crippen molar-refractivity contribution < 1.29 is 45.3 Å². The maximum Gasteiger partial charge on any atom is 0.423 e. The fourth-order valence-electron chi connectivity index (χ4n) is 3.83. The Labute approximate surface area is 280 Å². The fourth-order valence-corrected chi connectivity index (χ4v) is 3.83. The molecule has 0 spiro atoms. The van der Waals surface area contributed by atoms with Crippen LogP contribution in [-0.4, -0.2) is 45.4 Å². The van der Waals surface area contributed by atoms with Crippen molar-refractivity contribution in [1.82, 2.24) is 19.9 Å². The first-order chi connectivity index (χ1) is 23.1. The van der Waals surface area contributed by atoms with Gasteiger partial charge in [0.05, 0.1) is 25.4 Å². The molecule has 49 heavy (non-hydrogen) atoms. The summed E-state index contributed by atoms with van der Waals surface area (Å²) < 4.78 is 98.8. The number of alkyl halides is 6. The van der Waals surface area contributed by atoms with Crippen molar-refractivity contribution in [3.8, 4) is 23.3 Å². The number of rotatable bonds is 13. The summed E-state index contributed by atoms with van der Waals surface area (Å²) in [5.74, 6) is 0.453. The summed E-state index contributed by atoms with van der Waals surface area (Å²) in [7, 11) is 0. The number of anilines is 4. The van der Waals surface area contributed by atoms with Crippen LogP contribution in [0.15, 0.2) is 60.9 Å². The topological polar surface area (TPSA) is 113 Å². The van der Waals surface area contributed by atoms with Gasteiger partial charge >= 0.3 is 12.4 Å². The van der Waals surface area contributed by atoms with Gasteiger partial charge in [0.25, 0.3) is 0 Å². The maximum atomic E-state index is 13.0. The van der Waals surface area contributed by atoms with Crippen LogP contribution in [0.3, 0.4) is 0 Å². The molecule has 2 N–H and O–H groups in total. The molecule has 2 aromatic carbocycles. The van der Waals surface area contributed by atoms with E-state index >= 15 is 0 Å². The molecule has 4 rings (SSSR count). The lowest BCUT2D eigenvalue weighted by Gasteiger charge is -2.14. The summed E-state index contributed by atoms with van der Waals surface area (Å²) in [6, 6.07) is 13.9. The molecule has 0 amide bonds. The first kappa shape index (κ1) is 38.4. The third-order valence-corrected chi connectivity index (χ3v) is 5.81. The molecule has 2 aromatic heterocycles. The van der Waals surface area contributed by atoms with Crippen molar-refractivity contribution >= 4 is 23.3 Å². The second-order valence-corrected chi connectivity index (χ2v) is 10.7. The minimum Gasteiger partial charge on any atom is -0.491 e. The molecule has 0 atom stereocenters. The number of ether oxygens (including phenoxy) is 4. The van der Waals surface area contributed by atoms with Gasteiger partial charge in [-0.25, -0.2) is 9.97 Å². The number of nitrogens with zero attached hydrogens (tertiary/aromatic N) is 4. The van der Waals surface area contributed by atoms with E-state index in [-0.39, 0.29) is 37.3 Å². The Morgan fingerprint density at radius 2 is 1.00 bits per heavy atom. The molecular formula is C33H38F6N6O4. The van der Waals surface area contributed by atoms with Crippen LogP contribution in [-0.2, 0) is 12.4 Å². The van der Waals surface area contributed by atoms with Crippen molar-refractivity contribution in [3.05, 3.63) is 72.1 Å². The van der Waals surface area contributed by atoms with E-state index in [1.807, 2.05) is 27.7 Å². The Balaban J connectivity index is 0.000000266. The fraction of sp³-hybridized carbons (Fsp3) is 0.394. The number of benzene rings is 2. The van der Waals surface area contributed by atoms with Crippen LogP contribution in [0.1, 0.15) is 59.1 Å². The highest BCUT2D eigenvalue weighted by molar-refractivity contribution is 5.56. The third kappa shape index (κ3) is 12.5.